The van der Waals surface area contributed by atoms with E-state index in [2.05, 4.69) is 116 Å². The van der Waals surface area contributed by atoms with Gasteiger partial charge in [-0.25, -0.2) is 0 Å². The minimum atomic E-state index is -0.354. The molecular weight excluding hydrogens is 871 g/mol. The van der Waals surface area contributed by atoms with Crippen LogP contribution in [-0.2, 0) is 0 Å². The predicted molar refractivity (Wildman–Crippen MR) is 317 cm³/mol. The SMILES string of the molecule is CCCCC/C=C\C/C=C\CCCCCCCCC(O)CNCCN(C)CCN(CC(O)CCCCCCCC/C=C\C/C=C\CCCCC)CC(O)CCCCCCCC/C=C\C/C=C\CCCCC. The summed E-state index contributed by atoms with van der Waals surface area (Å²) in [4.78, 5) is 4.67. The first-order valence-corrected chi connectivity index (χ1v) is 31.0. The van der Waals surface area contributed by atoms with Gasteiger partial charge in [0.25, 0.3) is 0 Å². The van der Waals surface area contributed by atoms with Crippen molar-refractivity contribution in [1.82, 2.24) is 15.1 Å². The second kappa shape index (κ2) is 59.1. The quantitative estimate of drug-likeness (QED) is 0.0359. The molecular formula is C65H123N3O3. The summed E-state index contributed by atoms with van der Waals surface area (Å²) in [5, 5.41) is 36.4. The van der Waals surface area contributed by atoms with Gasteiger partial charge in [0.2, 0.25) is 0 Å². The Balaban J connectivity index is 4.45. The number of hydrogen-bond acceptors (Lipinski definition) is 6. The van der Waals surface area contributed by atoms with Gasteiger partial charge in [0.15, 0.2) is 0 Å². The molecule has 3 unspecified atom stereocenters. The highest BCUT2D eigenvalue weighted by molar-refractivity contribution is 4.94. The number of likely N-dealkylation sites (N-methyl/N-ethyl adjacent to an activating group) is 1. The standard InChI is InChI=1S/C65H123N3O3/c1-5-8-11-14-17-20-23-26-29-32-35-38-41-44-47-50-53-63(69)60-66-56-57-67(4)58-59-68(61-64(70)54-51-48-45-42-39-36-33-30-27-24-21-18-15-12-9-6-2)62-65(71)55-52-49-46-43-40-37-34-31-28-25-22-19-16-13-10-7-3/h17-22,26-31,63-66,69-71H,5-16,23-25,32-62H2,1-4H3/b20-17-,21-18-,22-19-,29-26-,30-27-,31-28-. The van der Waals surface area contributed by atoms with Gasteiger partial charge in [-0.1, -0.05) is 229 Å². The lowest BCUT2D eigenvalue weighted by Gasteiger charge is -2.29. The van der Waals surface area contributed by atoms with E-state index in [9.17, 15) is 15.3 Å². The number of allylic oxidation sites excluding steroid dienone is 12. The van der Waals surface area contributed by atoms with Crippen molar-refractivity contribution < 1.29 is 15.3 Å². The van der Waals surface area contributed by atoms with Crippen LogP contribution in [0.25, 0.3) is 0 Å². The van der Waals surface area contributed by atoms with Crippen molar-refractivity contribution in [1.29, 1.82) is 0 Å². The number of nitrogens with one attached hydrogen (secondary N) is 1. The van der Waals surface area contributed by atoms with E-state index < -0.39 is 0 Å². The molecule has 0 bridgehead atoms. The zero-order valence-electron chi connectivity index (χ0n) is 47.9. The number of aliphatic hydroxyl groups excluding tert-OH is 3. The Hall–Kier alpha value is -1.80. The third kappa shape index (κ3) is 57.3. The van der Waals surface area contributed by atoms with Gasteiger partial charge in [-0.2, -0.15) is 0 Å². The molecule has 416 valence electrons. The van der Waals surface area contributed by atoms with Gasteiger partial charge in [-0.3, -0.25) is 4.90 Å². The van der Waals surface area contributed by atoms with Gasteiger partial charge < -0.3 is 25.5 Å². The number of hydrogen-bond donors (Lipinski definition) is 4. The predicted octanol–water partition coefficient (Wildman–Crippen LogP) is 17.5. The fourth-order valence-corrected chi connectivity index (χ4v) is 9.20. The van der Waals surface area contributed by atoms with E-state index in [-0.39, 0.29) is 18.3 Å². The first-order valence-electron chi connectivity index (χ1n) is 31.0. The molecule has 0 radical (unpaired) electrons. The summed E-state index contributed by atoms with van der Waals surface area (Å²) in [6, 6.07) is 0. The fourth-order valence-electron chi connectivity index (χ4n) is 9.20. The summed E-state index contributed by atoms with van der Waals surface area (Å²) in [5.74, 6) is 0. The number of nitrogens with zero attached hydrogens (tertiary/aromatic N) is 2. The van der Waals surface area contributed by atoms with Crippen LogP contribution >= 0.6 is 0 Å². The van der Waals surface area contributed by atoms with Crippen LogP contribution in [0.3, 0.4) is 0 Å². The van der Waals surface area contributed by atoms with Crippen molar-refractivity contribution in [2.75, 3.05) is 52.9 Å². The van der Waals surface area contributed by atoms with Crippen LogP contribution in [0.15, 0.2) is 72.9 Å². The summed E-state index contributed by atoms with van der Waals surface area (Å²) in [6.07, 6.45) is 74.1. The lowest BCUT2D eigenvalue weighted by atomic mass is 10.0. The van der Waals surface area contributed by atoms with Crippen LogP contribution in [-0.4, -0.2) is 96.3 Å². The molecule has 0 aromatic carbocycles. The molecule has 0 heterocycles. The molecule has 0 spiro atoms. The van der Waals surface area contributed by atoms with Gasteiger partial charge in [0.1, 0.15) is 0 Å². The number of rotatable bonds is 57. The first-order chi connectivity index (χ1) is 34.9. The maximum absolute atomic E-state index is 11.2. The van der Waals surface area contributed by atoms with Crippen LogP contribution < -0.4 is 5.32 Å². The van der Waals surface area contributed by atoms with Crippen LogP contribution in [0, 0.1) is 0 Å². The molecule has 3 atom stereocenters. The first kappa shape index (κ1) is 69.2. The molecule has 0 saturated carbocycles. The van der Waals surface area contributed by atoms with E-state index in [1.807, 2.05) is 0 Å². The van der Waals surface area contributed by atoms with Crippen LogP contribution in [0.4, 0.5) is 0 Å². The average Bonchev–Trinajstić information content (AvgIpc) is 3.36. The van der Waals surface area contributed by atoms with Gasteiger partial charge >= 0.3 is 0 Å². The Labute approximate surface area is 443 Å². The van der Waals surface area contributed by atoms with E-state index >= 15 is 0 Å². The molecule has 0 aliphatic carbocycles. The number of unbranched alkanes of at least 4 members (excludes halogenated alkanes) is 27. The van der Waals surface area contributed by atoms with E-state index in [1.54, 1.807) is 0 Å². The van der Waals surface area contributed by atoms with Crippen molar-refractivity contribution in [3.05, 3.63) is 72.9 Å². The lowest BCUT2D eigenvalue weighted by Crippen LogP contribution is -2.43. The largest absolute Gasteiger partial charge is 0.392 e. The minimum Gasteiger partial charge on any atom is -0.392 e. The molecule has 6 nitrogen and oxygen atoms in total. The molecule has 0 rings (SSSR count). The molecule has 0 fully saturated rings. The van der Waals surface area contributed by atoms with Crippen LogP contribution in [0.2, 0.25) is 0 Å². The molecule has 6 heteroatoms. The molecule has 0 amide bonds. The van der Waals surface area contributed by atoms with Gasteiger partial charge in [-0.15, -0.1) is 0 Å². The molecule has 0 aliphatic heterocycles. The summed E-state index contributed by atoms with van der Waals surface area (Å²) >= 11 is 0. The third-order valence-corrected chi connectivity index (χ3v) is 14.0. The Bertz CT molecular complexity index is 1160. The van der Waals surface area contributed by atoms with Crippen molar-refractivity contribution >= 4 is 0 Å². The minimum absolute atomic E-state index is 0.278. The maximum Gasteiger partial charge on any atom is 0.0667 e. The summed E-state index contributed by atoms with van der Waals surface area (Å²) in [6.45, 7) is 12.2. The highest BCUT2D eigenvalue weighted by Gasteiger charge is 2.17. The Kier molecular flexibility index (Phi) is 57.6. The van der Waals surface area contributed by atoms with Gasteiger partial charge in [0, 0.05) is 45.8 Å². The molecule has 4 N–H and O–H groups in total. The molecule has 0 aromatic rings. The zero-order chi connectivity index (χ0) is 51.6. The normalized spacial score (nSPS) is 14.0. The Morgan fingerprint density at radius 1 is 0.338 bits per heavy atom. The van der Waals surface area contributed by atoms with E-state index in [0.717, 1.165) is 84.0 Å². The topological polar surface area (TPSA) is 79.2 Å². The Morgan fingerprint density at radius 2 is 0.634 bits per heavy atom. The smallest absolute Gasteiger partial charge is 0.0667 e. The monoisotopic (exact) mass is 994 g/mol. The summed E-state index contributed by atoms with van der Waals surface area (Å²) in [5.41, 5.74) is 0. The molecule has 0 saturated heterocycles. The van der Waals surface area contributed by atoms with Crippen LogP contribution in [0.5, 0.6) is 0 Å². The van der Waals surface area contributed by atoms with Crippen molar-refractivity contribution in [2.45, 2.75) is 289 Å². The molecule has 0 aliphatic rings. The van der Waals surface area contributed by atoms with E-state index in [1.165, 1.54) is 193 Å². The molecule has 0 aromatic heterocycles. The summed E-state index contributed by atoms with van der Waals surface area (Å²) in [7, 11) is 2.17. The Morgan fingerprint density at radius 3 is 0.972 bits per heavy atom. The zero-order valence-corrected chi connectivity index (χ0v) is 47.9. The van der Waals surface area contributed by atoms with Crippen molar-refractivity contribution in [3.63, 3.8) is 0 Å². The third-order valence-electron chi connectivity index (χ3n) is 14.0. The van der Waals surface area contributed by atoms with Crippen molar-refractivity contribution in [2.24, 2.45) is 0 Å². The summed E-state index contributed by atoms with van der Waals surface area (Å²) < 4.78 is 0. The molecule has 71 heavy (non-hydrogen) atoms. The second-order valence-electron chi connectivity index (χ2n) is 21.3. The lowest BCUT2D eigenvalue weighted by molar-refractivity contribution is 0.0563. The maximum atomic E-state index is 11.2. The fraction of sp³-hybridized carbons (Fsp3) is 0.815. The van der Waals surface area contributed by atoms with Crippen LogP contribution in [0.1, 0.15) is 271 Å². The van der Waals surface area contributed by atoms with Gasteiger partial charge in [-0.05, 0) is 123 Å². The average molecular weight is 995 g/mol. The van der Waals surface area contributed by atoms with E-state index in [0.29, 0.717) is 19.6 Å². The highest BCUT2D eigenvalue weighted by atomic mass is 16.3. The second-order valence-corrected chi connectivity index (χ2v) is 21.3. The van der Waals surface area contributed by atoms with E-state index in [4.69, 9.17) is 0 Å². The van der Waals surface area contributed by atoms with Gasteiger partial charge in [0.05, 0.1) is 18.3 Å². The highest BCUT2D eigenvalue weighted by Crippen LogP contribution is 2.15. The number of aliphatic hydroxyl groups is 3. The van der Waals surface area contributed by atoms with Crippen molar-refractivity contribution in [3.8, 4) is 0 Å².